The minimum absolute atomic E-state index is 0.288. The first-order valence-electron chi connectivity index (χ1n) is 8.07. The van der Waals surface area contributed by atoms with Crippen LogP contribution in [0.1, 0.15) is 54.8 Å². The van der Waals surface area contributed by atoms with Crippen LogP contribution in [0.4, 0.5) is 4.39 Å². The van der Waals surface area contributed by atoms with Gasteiger partial charge in [-0.3, -0.25) is 9.48 Å². The van der Waals surface area contributed by atoms with Crippen LogP contribution < -0.4 is 5.32 Å². The number of alkyl halides is 1. The summed E-state index contributed by atoms with van der Waals surface area (Å²) in [7, 11) is 0. The van der Waals surface area contributed by atoms with Gasteiger partial charge in [0.2, 0.25) is 0 Å². The predicted octanol–water partition coefficient (Wildman–Crippen LogP) is 2.41. The van der Waals surface area contributed by atoms with Crippen LogP contribution in [0.2, 0.25) is 0 Å². The van der Waals surface area contributed by atoms with Crippen LogP contribution >= 0.6 is 0 Å². The summed E-state index contributed by atoms with van der Waals surface area (Å²) in [5.74, 6) is 0.381. The van der Waals surface area contributed by atoms with E-state index in [1.807, 2.05) is 11.6 Å². The Kier molecular flexibility index (Phi) is 4.21. The Morgan fingerprint density at radius 2 is 2.23 bits per heavy atom. The number of hydrogen-bond acceptors (Lipinski definition) is 3. The highest BCUT2D eigenvalue weighted by molar-refractivity contribution is 5.93. The Balaban J connectivity index is 1.73. The normalized spacial score (nSPS) is 22.3. The second-order valence-electron chi connectivity index (χ2n) is 6.67. The number of carbonyl (C=O) groups is 1. The molecular formula is C16H24FN3O2. The molecule has 2 heterocycles. The van der Waals surface area contributed by atoms with Crippen molar-refractivity contribution in [3.8, 4) is 0 Å². The first-order valence-corrected chi connectivity index (χ1v) is 8.07. The number of aromatic nitrogens is 2. The van der Waals surface area contributed by atoms with E-state index in [1.165, 1.54) is 12.8 Å². The number of amides is 1. The third kappa shape index (κ3) is 3.02. The summed E-state index contributed by atoms with van der Waals surface area (Å²) in [6, 6.07) is 2.11. The molecule has 1 aliphatic carbocycles. The van der Waals surface area contributed by atoms with Gasteiger partial charge < -0.3 is 10.1 Å². The van der Waals surface area contributed by atoms with Crippen LogP contribution in [0.5, 0.6) is 0 Å². The van der Waals surface area contributed by atoms with E-state index in [-0.39, 0.29) is 5.91 Å². The molecule has 1 amide bonds. The number of nitrogens with one attached hydrogen (secondary N) is 1. The fraction of sp³-hybridized carbons (Fsp3) is 0.750. The van der Waals surface area contributed by atoms with Crippen molar-refractivity contribution < 1.29 is 13.9 Å². The fourth-order valence-electron chi connectivity index (χ4n) is 3.15. The SMILES string of the molecule is Cc1cc(C(=O)NC2(CF)CCOCC2)nn1C(C)C1CC1. The first kappa shape index (κ1) is 15.5. The molecule has 0 aromatic carbocycles. The van der Waals surface area contributed by atoms with Crippen molar-refractivity contribution in [3.63, 3.8) is 0 Å². The van der Waals surface area contributed by atoms with Crippen LogP contribution in [0.25, 0.3) is 0 Å². The summed E-state index contributed by atoms with van der Waals surface area (Å²) < 4.78 is 20.6. The highest BCUT2D eigenvalue weighted by atomic mass is 19.1. The Hall–Kier alpha value is -1.43. The summed E-state index contributed by atoms with van der Waals surface area (Å²) in [6.07, 6.45) is 3.47. The molecule has 1 aliphatic heterocycles. The summed E-state index contributed by atoms with van der Waals surface area (Å²) in [4.78, 5) is 12.5. The van der Waals surface area contributed by atoms with E-state index in [2.05, 4.69) is 17.3 Å². The van der Waals surface area contributed by atoms with Gasteiger partial charge in [-0.1, -0.05) is 0 Å². The molecule has 1 aromatic heterocycles. The van der Waals surface area contributed by atoms with Gasteiger partial charge >= 0.3 is 0 Å². The summed E-state index contributed by atoms with van der Waals surface area (Å²) in [6.45, 7) is 4.50. The average Bonchev–Trinajstić information content (AvgIpc) is 3.30. The summed E-state index contributed by atoms with van der Waals surface area (Å²) in [5, 5.41) is 7.31. The van der Waals surface area contributed by atoms with Crippen molar-refractivity contribution in [2.45, 2.75) is 51.1 Å². The monoisotopic (exact) mass is 309 g/mol. The number of hydrogen-bond donors (Lipinski definition) is 1. The maximum atomic E-state index is 13.4. The number of nitrogens with zero attached hydrogens (tertiary/aromatic N) is 2. The molecule has 22 heavy (non-hydrogen) atoms. The Bertz CT molecular complexity index is 548. The quantitative estimate of drug-likeness (QED) is 0.909. The molecule has 6 heteroatoms. The van der Waals surface area contributed by atoms with Gasteiger partial charge in [0, 0.05) is 18.9 Å². The molecule has 1 saturated carbocycles. The van der Waals surface area contributed by atoms with Gasteiger partial charge in [0.25, 0.3) is 5.91 Å². The number of halogens is 1. The van der Waals surface area contributed by atoms with Gasteiger partial charge in [0.15, 0.2) is 0 Å². The van der Waals surface area contributed by atoms with Crippen molar-refractivity contribution in [1.82, 2.24) is 15.1 Å². The van der Waals surface area contributed by atoms with Crippen molar-refractivity contribution in [2.24, 2.45) is 5.92 Å². The van der Waals surface area contributed by atoms with Crippen LogP contribution in [0.15, 0.2) is 6.07 Å². The molecule has 0 bridgehead atoms. The lowest BCUT2D eigenvalue weighted by atomic mass is 9.91. The number of rotatable bonds is 5. The maximum Gasteiger partial charge on any atom is 0.272 e. The average molecular weight is 309 g/mol. The van der Waals surface area contributed by atoms with Crippen molar-refractivity contribution in [3.05, 3.63) is 17.5 Å². The second kappa shape index (κ2) is 5.99. The molecule has 2 fully saturated rings. The lowest BCUT2D eigenvalue weighted by Crippen LogP contribution is -2.53. The lowest BCUT2D eigenvalue weighted by molar-refractivity contribution is 0.0264. The molecule has 1 saturated heterocycles. The number of aryl methyl sites for hydroxylation is 1. The zero-order valence-electron chi connectivity index (χ0n) is 13.3. The Labute approximate surface area is 130 Å². The predicted molar refractivity (Wildman–Crippen MR) is 80.6 cm³/mol. The molecule has 0 spiro atoms. The number of ether oxygens (including phenoxy) is 1. The van der Waals surface area contributed by atoms with Gasteiger partial charge in [-0.2, -0.15) is 5.10 Å². The van der Waals surface area contributed by atoms with Gasteiger partial charge in [-0.05, 0) is 51.5 Å². The highest BCUT2D eigenvalue weighted by Gasteiger charge is 2.36. The maximum absolute atomic E-state index is 13.4. The van der Waals surface area contributed by atoms with E-state index in [4.69, 9.17) is 4.74 Å². The molecule has 2 aliphatic rings. The molecule has 5 nitrogen and oxygen atoms in total. The van der Waals surface area contributed by atoms with E-state index in [0.717, 1.165) is 5.69 Å². The first-order chi connectivity index (χ1) is 10.5. The second-order valence-corrected chi connectivity index (χ2v) is 6.67. The number of carbonyl (C=O) groups excluding carboxylic acids is 1. The standard InChI is InChI=1S/C16H24FN3O2/c1-11-9-14(19-20(11)12(2)13-3-4-13)15(21)18-16(10-17)5-7-22-8-6-16/h9,12-13H,3-8,10H2,1-2H3,(H,18,21). The molecule has 1 atom stereocenters. The minimum atomic E-state index is -0.797. The lowest BCUT2D eigenvalue weighted by Gasteiger charge is -2.35. The fourth-order valence-corrected chi connectivity index (χ4v) is 3.15. The molecule has 122 valence electrons. The smallest absolute Gasteiger partial charge is 0.272 e. The van der Waals surface area contributed by atoms with E-state index >= 15 is 0 Å². The summed E-state index contributed by atoms with van der Waals surface area (Å²) >= 11 is 0. The topological polar surface area (TPSA) is 56.1 Å². The zero-order valence-corrected chi connectivity index (χ0v) is 13.3. The molecule has 0 radical (unpaired) electrons. The van der Waals surface area contributed by atoms with Crippen molar-refractivity contribution in [1.29, 1.82) is 0 Å². The van der Waals surface area contributed by atoms with E-state index in [0.29, 0.717) is 43.7 Å². The van der Waals surface area contributed by atoms with Crippen LogP contribution in [0.3, 0.4) is 0 Å². The van der Waals surface area contributed by atoms with Gasteiger partial charge in [-0.15, -0.1) is 0 Å². The third-order valence-corrected chi connectivity index (χ3v) is 4.93. The van der Waals surface area contributed by atoms with E-state index < -0.39 is 12.2 Å². The zero-order chi connectivity index (χ0) is 15.7. The van der Waals surface area contributed by atoms with Crippen LogP contribution in [0, 0.1) is 12.8 Å². The largest absolute Gasteiger partial charge is 0.381 e. The molecule has 3 rings (SSSR count). The molecule has 1 aromatic rings. The van der Waals surface area contributed by atoms with E-state index in [1.54, 1.807) is 6.07 Å². The minimum Gasteiger partial charge on any atom is -0.381 e. The van der Waals surface area contributed by atoms with Crippen molar-refractivity contribution in [2.75, 3.05) is 19.9 Å². The van der Waals surface area contributed by atoms with Crippen LogP contribution in [-0.4, -0.2) is 41.1 Å². The van der Waals surface area contributed by atoms with Gasteiger partial charge in [0.1, 0.15) is 12.4 Å². The van der Waals surface area contributed by atoms with Gasteiger partial charge in [0.05, 0.1) is 11.6 Å². The molecule has 1 N–H and O–H groups in total. The van der Waals surface area contributed by atoms with E-state index in [9.17, 15) is 9.18 Å². The third-order valence-electron chi connectivity index (χ3n) is 4.93. The molecule has 1 unspecified atom stereocenters. The highest BCUT2D eigenvalue weighted by Crippen LogP contribution is 2.39. The Morgan fingerprint density at radius 3 is 2.82 bits per heavy atom. The molecular weight excluding hydrogens is 285 g/mol. The Morgan fingerprint density at radius 1 is 1.55 bits per heavy atom. The van der Waals surface area contributed by atoms with Gasteiger partial charge in [-0.25, -0.2) is 4.39 Å². The summed E-state index contributed by atoms with van der Waals surface area (Å²) in [5.41, 5.74) is 0.560. The van der Waals surface area contributed by atoms with Crippen LogP contribution in [-0.2, 0) is 4.74 Å². The van der Waals surface area contributed by atoms with Crippen molar-refractivity contribution >= 4 is 5.91 Å².